The smallest absolute Gasteiger partial charge is 0.140 e. The number of rotatable bonds is 5. The average Bonchev–Trinajstić information content (AvgIpc) is 3.21. The Morgan fingerprint density at radius 1 is 1.00 bits per heavy atom. The van der Waals surface area contributed by atoms with Gasteiger partial charge in [-0.25, -0.2) is 4.98 Å². The molecule has 1 unspecified atom stereocenters. The van der Waals surface area contributed by atoms with Gasteiger partial charge in [0.2, 0.25) is 0 Å². The predicted molar refractivity (Wildman–Crippen MR) is 102 cm³/mol. The summed E-state index contributed by atoms with van der Waals surface area (Å²) in [5.74, 6) is 0. The number of benzene rings is 2. The molecule has 0 aliphatic carbocycles. The van der Waals surface area contributed by atoms with E-state index in [1.165, 1.54) is 19.6 Å². The Hall–Kier alpha value is -2.04. The summed E-state index contributed by atoms with van der Waals surface area (Å²) >= 11 is 1.81. The highest BCUT2D eigenvalue weighted by Crippen LogP contribution is 2.49. The van der Waals surface area contributed by atoms with Gasteiger partial charge >= 0.3 is 0 Å². The maximum atomic E-state index is 4.83. The molecule has 2 aromatic carbocycles. The van der Waals surface area contributed by atoms with Crippen LogP contribution >= 0.6 is 22.2 Å². The molecule has 1 N–H and O–H groups in total. The van der Waals surface area contributed by atoms with Gasteiger partial charge in [-0.2, -0.15) is 0 Å². The van der Waals surface area contributed by atoms with Crippen molar-refractivity contribution in [2.24, 2.45) is 0 Å². The number of nitrogens with zero attached hydrogens (tertiary/aromatic N) is 1. The highest BCUT2D eigenvalue weighted by molar-refractivity contribution is 8.24. The first-order valence-corrected chi connectivity index (χ1v) is 9.94. The normalized spacial score (nSPS) is 18.3. The third-order valence-corrected chi connectivity index (χ3v) is 7.31. The van der Waals surface area contributed by atoms with E-state index in [-0.39, 0.29) is 0 Å². The Kier molecular flexibility index (Phi) is 4.18. The molecule has 2 nitrogen and oxygen atoms in total. The number of thiazole rings is 1. The van der Waals surface area contributed by atoms with Crippen LogP contribution in [0, 0.1) is 0 Å². The van der Waals surface area contributed by atoms with Crippen molar-refractivity contribution in [2.75, 3.05) is 6.54 Å². The van der Waals surface area contributed by atoms with Crippen LogP contribution < -0.4 is 5.32 Å². The van der Waals surface area contributed by atoms with Crippen LogP contribution in [0.3, 0.4) is 0 Å². The molecule has 1 aliphatic heterocycles. The standard InChI is InChI=1S/C19H18N2S2/c1-2-7-15(8-3-1)12-13-20-18-11-6-14-23(18)19-21-16-9-4-5-10-17(16)22-19/h1-11,14,20,23H,12-13H2. The van der Waals surface area contributed by atoms with E-state index in [4.69, 9.17) is 4.98 Å². The van der Waals surface area contributed by atoms with Gasteiger partial charge in [0.1, 0.15) is 4.34 Å². The lowest BCUT2D eigenvalue weighted by molar-refractivity contribution is 0.822. The minimum absolute atomic E-state index is 0.454. The topological polar surface area (TPSA) is 24.9 Å². The van der Waals surface area contributed by atoms with E-state index >= 15 is 0 Å². The fraction of sp³-hybridized carbons (Fsp3) is 0.105. The number of hydrogen-bond acceptors (Lipinski definition) is 3. The molecule has 0 amide bonds. The second kappa shape index (κ2) is 6.60. The second-order valence-electron chi connectivity index (χ2n) is 5.39. The minimum Gasteiger partial charge on any atom is -0.380 e. The molecule has 0 bridgehead atoms. The first-order valence-electron chi connectivity index (χ1n) is 7.71. The van der Waals surface area contributed by atoms with Crippen molar-refractivity contribution >= 4 is 32.4 Å². The highest BCUT2D eigenvalue weighted by atomic mass is 32.2. The lowest BCUT2D eigenvalue weighted by Gasteiger charge is -2.17. The van der Waals surface area contributed by atoms with Crippen molar-refractivity contribution in [3.63, 3.8) is 0 Å². The van der Waals surface area contributed by atoms with E-state index in [2.05, 4.69) is 77.5 Å². The molecule has 0 spiro atoms. The fourth-order valence-corrected chi connectivity index (χ4v) is 6.00. The Bertz CT molecular complexity index is 832. The minimum atomic E-state index is -0.454. The lowest BCUT2D eigenvalue weighted by Crippen LogP contribution is -2.15. The molecular weight excluding hydrogens is 320 g/mol. The van der Waals surface area contributed by atoms with Gasteiger partial charge in [-0.3, -0.25) is 0 Å². The molecule has 3 aromatic rings. The molecule has 4 rings (SSSR count). The van der Waals surface area contributed by atoms with Gasteiger partial charge in [-0.1, -0.05) is 48.5 Å². The van der Waals surface area contributed by atoms with Crippen LogP contribution in [0.1, 0.15) is 5.56 Å². The maximum Gasteiger partial charge on any atom is 0.140 e. The lowest BCUT2D eigenvalue weighted by atomic mass is 10.1. The third-order valence-electron chi connectivity index (χ3n) is 3.80. The zero-order valence-corrected chi connectivity index (χ0v) is 14.4. The summed E-state index contributed by atoms with van der Waals surface area (Å²) in [6, 6.07) is 19.0. The van der Waals surface area contributed by atoms with Crippen LogP contribution in [-0.4, -0.2) is 11.5 Å². The quantitative estimate of drug-likeness (QED) is 0.650. The predicted octanol–water partition coefficient (Wildman–Crippen LogP) is 4.86. The Labute approximate surface area is 142 Å². The highest BCUT2D eigenvalue weighted by Gasteiger charge is 2.16. The van der Waals surface area contributed by atoms with Crippen LogP contribution in [0.15, 0.2) is 81.5 Å². The summed E-state index contributed by atoms with van der Waals surface area (Å²) in [5.41, 5.74) is 2.48. The van der Waals surface area contributed by atoms with Crippen molar-refractivity contribution in [2.45, 2.75) is 10.8 Å². The molecule has 1 atom stereocenters. The van der Waals surface area contributed by atoms with Crippen molar-refractivity contribution in [3.8, 4) is 0 Å². The number of fused-ring (bicyclic) bond motifs is 1. The Balaban J connectivity index is 1.45. The van der Waals surface area contributed by atoms with E-state index in [1.807, 2.05) is 11.3 Å². The second-order valence-corrected chi connectivity index (χ2v) is 8.67. The Morgan fingerprint density at radius 3 is 2.70 bits per heavy atom. The van der Waals surface area contributed by atoms with E-state index in [0.717, 1.165) is 18.5 Å². The first-order chi connectivity index (χ1) is 11.4. The number of hydrogen-bond donors (Lipinski definition) is 2. The zero-order valence-electron chi connectivity index (χ0n) is 12.6. The summed E-state index contributed by atoms with van der Waals surface area (Å²) in [6.45, 7) is 0.960. The molecular formula is C19H18N2S2. The van der Waals surface area contributed by atoms with Crippen molar-refractivity contribution < 1.29 is 0 Å². The van der Waals surface area contributed by atoms with Crippen LogP contribution in [0.5, 0.6) is 0 Å². The van der Waals surface area contributed by atoms with E-state index in [0.29, 0.717) is 0 Å². The third kappa shape index (κ3) is 3.19. The molecule has 0 radical (unpaired) electrons. The monoisotopic (exact) mass is 338 g/mol. The van der Waals surface area contributed by atoms with Crippen LogP contribution in [-0.2, 0) is 6.42 Å². The molecule has 0 saturated carbocycles. The van der Waals surface area contributed by atoms with Gasteiger partial charge in [0.05, 0.1) is 15.2 Å². The van der Waals surface area contributed by atoms with E-state index in [1.54, 1.807) is 0 Å². The summed E-state index contributed by atoms with van der Waals surface area (Å²) in [4.78, 5) is 4.83. The number of para-hydroxylation sites is 1. The van der Waals surface area contributed by atoms with Crippen molar-refractivity contribution in [3.05, 3.63) is 82.7 Å². The largest absolute Gasteiger partial charge is 0.380 e. The zero-order chi connectivity index (χ0) is 15.5. The van der Waals surface area contributed by atoms with E-state index in [9.17, 15) is 0 Å². The number of thiol groups is 1. The molecule has 23 heavy (non-hydrogen) atoms. The van der Waals surface area contributed by atoms with Crippen molar-refractivity contribution in [1.29, 1.82) is 0 Å². The van der Waals surface area contributed by atoms with Gasteiger partial charge < -0.3 is 5.32 Å². The Morgan fingerprint density at radius 2 is 1.83 bits per heavy atom. The van der Waals surface area contributed by atoms with Gasteiger partial charge in [-0.15, -0.1) is 22.2 Å². The average molecular weight is 339 g/mol. The molecule has 1 aliphatic rings. The van der Waals surface area contributed by atoms with E-state index < -0.39 is 10.9 Å². The number of aromatic nitrogens is 1. The number of allylic oxidation sites excluding steroid dienone is 2. The van der Waals surface area contributed by atoms with Gasteiger partial charge in [0.15, 0.2) is 0 Å². The van der Waals surface area contributed by atoms with Gasteiger partial charge in [0.25, 0.3) is 0 Å². The van der Waals surface area contributed by atoms with Crippen LogP contribution in [0.2, 0.25) is 0 Å². The van der Waals surface area contributed by atoms with Gasteiger partial charge in [0, 0.05) is 6.54 Å². The fourth-order valence-electron chi connectivity index (χ4n) is 2.63. The summed E-state index contributed by atoms with van der Waals surface area (Å²) < 4.78 is 2.50. The first kappa shape index (κ1) is 14.5. The van der Waals surface area contributed by atoms with Gasteiger partial charge in [-0.05, 0) is 35.6 Å². The summed E-state index contributed by atoms with van der Waals surface area (Å²) in [5, 5.41) is 7.22. The molecule has 4 heteroatoms. The number of nitrogens with one attached hydrogen (secondary N) is 1. The molecule has 116 valence electrons. The summed E-state index contributed by atoms with van der Waals surface area (Å²) in [6.07, 6.45) is 5.40. The van der Waals surface area contributed by atoms with Crippen LogP contribution in [0.25, 0.3) is 10.2 Å². The molecule has 0 fully saturated rings. The SMILES string of the molecule is C1=C[SH](c2nc3ccccc3s2)C(NCCc2ccccc2)=C1. The van der Waals surface area contributed by atoms with Crippen molar-refractivity contribution in [1.82, 2.24) is 10.3 Å². The van der Waals surface area contributed by atoms with Crippen LogP contribution in [0.4, 0.5) is 0 Å². The molecule has 1 aromatic heterocycles. The molecule has 2 heterocycles. The maximum absolute atomic E-state index is 4.83. The molecule has 0 saturated heterocycles. The summed E-state index contributed by atoms with van der Waals surface area (Å²) in [7, 11) is -0.454.